The molecular weight excluding hydrogens is 260 g/mol. The smallest absolute Gasteiger partial charge is 0.245 e. The number of hydrogen-bond acceptors (Lipinski definition) is 4. The number of ether oxygens (including phenoxy) is 1. The third-order valence-corrected chi connectivity index (χ3v) is 3.70. The van der Waals surface area contributed by atoms with Crippen LogP contribution in [0.1, 0.15) is 25.5 Å². The van der Waals surface area contributed by atoms with Gasteiger partial charge in [0, 0.05) is 20.1 Å². The summed E-state index contributed by atoms with van der Waals surface area (Å²) in [5.41, 5.74) is -0.822. The molecule has 1 aliphatic rings. The molecule has 0 aromatic carbocycles. The zero-order chi connectivity index (χ0) is 14.6. The number of nitrogens with zero attached hydrogens (tertiary/aromatic N) is 1. The summed E-state index contributed by atoms with van der Waals surface area (Å²) in [4.78, 5) is 26.0. The van der Waals surface area contributed by atoms with Crippen LogP contribution < -0.4 is 5.32 Å². The largest absolute Gasteiger partial charge is 0.467 e. The van der Waals surface area contributed by atoms with Crippen molar-refractivity contribution in [1.29, 1.82) is 0 Å². The third-order valence-electron chi connectivity index (χ3n) is 3.70. The molecule has 2 amide bonds. The van der Waals surface area contributed by atoms with Crippen molar-refractivity contribution in [3.05, 3.63) is 24.2 Å². The first-order valence-electron chi connectivity index (χ1n) is 6.68. The van der Waals surface area contributed by atoms with Crippen LogP contribution >= 0.6 is 0 Å². The Kier molecular flexibility index (Phi) is 4.44. The lowest BCUT2D eigenvalue weighted by molar-refractivity contribution is -0.141. The molecule has 0 radical (unpaired) electrons. The van der Waals surface area contributed by atoms with Gasteiger partial charge in [-0.1, -0.05) is 0 Å². The first kappa shape index (κ1) is 14.6. The van der Waals surface area contributed by atoms with E-state index in [4.69, 9.17) is 9.15 Å². The van der Waals surface area contributed by atoms with Crippen molar-refractivity contribution in [2.75, 3.05) is 20.3 Å². The Hall–Kier alpha value is -1.82. The van der Waals surface area contributed by atoms with Crippen molar-refractivity contribution in [1.82, 2.24) is 10.2 Å². The van der Waals surface area contributed by atoms with Crippen LogP contribution in [0.25, 0.3) is 0 Å². The minimum absolute atomic E-state index is 0.0224. The topological polar surface area (TPSA) is 71.8 Å². The predicted octanol–water partition coefficient (Wildman–Crippen LogP) is 0.923. The standard InChI is InChI=1S/C14H20N2O4/c1-14(13(18)15-7-9-19-2)6-5-12(17)16(14)10-11-4-3-8-20-11/h3-4,8H,5-7,9-10H2,1-2H3,(H,15,18)/t14-/m1/s1. The van der Waals surface area contributed by atoms with Crippen molar-refractivity contribution >= 4 is 11.8 Å². The summed E-state index contributed by atoms with van der Waals surface area (Å²) in [6.07, 6.45) is 2.46. The van der Waals surface area contributed by atoms with E-state index in [9.17, 15) is 9.59 Å². The van der Waals surface area contributed by atoms with E-state index in [2.05, 4.69) is 5.32 Å². The molecule has 1 aromatic heterocycles. The number of methoxy groups -OCH3 is 1. The van der Waals surface area contributed by atoms with Crippen molar-refractivity contribution in [2.45, 2.75) is 31.8 Å². The van der Waals surface area contributed by atoms with E-state index in [0.29, 0.717) is 38.3 Å². The minimum Gasteiger partial charge on any atom is -0.467 e. The lowest BCUT2D eigenvalue weighted by atomic mass is 9.97. The highest BCUT2D eigenvalue weighted by atomic mass is 16.5. The van der Waals surface area contributed by atoms with Gasteiger partial charge in [-0.05, 0) is 25.5 Å². The monoisotopic (exact) mass is 280 g/mol. The van der Waals surface area contributed by atoms with Crippen LogP contribution in [-0.4, -0.2) is 42.5 Å². The maximum absolute atomic E-state index is 12.3. The first-order valence-corrected chi connectivity index (χ1v) is 6.68. The summed E-state index contributed by atoms with van der Waals surface area (Å²) in [5.74, 6) is 0.508. The van der Waals surface area contributed by atoms with Gasteiger partial charge in [0.15, 0.2) is 0 Å². The van der Waals surface area contributed by atoms with E-state index in [1.165, 1.54) is 0 Å². The molecule has 0 bridgehead atoms. The average molecular weight is 280 g/mol. The number of carbonyl (C=O) groups is 2. The average Bonchev–Trinajstić information content (AvgIpc) is 3.03. The van der Waals surface area contributed by atoms with Gasteiger partial charge in [0.05, 0.1) is 19.4 Å². The summed E-state index contributed by atoms with van der Waals surface area (Å²) in [6.45, 7) is 3.00. The maximum atomic E-state index is 12.3. The van der Waals surface area contributed by atoms with Gasteiger partial charge in [-0.3, -0.25) is 9.59 Å². The van der Waals surface area contributed by atoms with E-state index in [-0.39, 0.29) is 11.8 Å². The Balaban J connectivity index is 2.07. The van der Waals surface area contributed by atoms with Crippen LogP contribution in [0.4, 0.5) is 0 Å². The first-order chi connectivity index (χ1) is 9.58. The fourth-order valence-electron chi connectivity index (χ4n) is 2.41. The Morgan fingerprint density at radius 2 is 2.40 bits per heavy atom. The van der Waals surface area contributed by atoms with Gasteiger partial charge in [0.2, 0.25) is 11.8 Å². The van der Waals surface area contributed by atoms with Crippen molar-refractivity contribution in [3.8, 4) is 0 Å². The van der Waals surface area contributed by atoms with Gasteiger partial charge >= 0.3 is 0 Å². The molecule has 1 saturated heterocycles. The highest BCUT2D eigenvalue weighted by Crippen LogP contribution is 2.31. The number of likely N-dealkylation sites (tertiary alicyclic amines) is 1. The lowest BCUT2D eigenvalue weighted by Crippen LogP contribution is -2.54. The number of carbonyl (C=O) groups excluding carboxylic acids is 2. The van der Waals surface area contributed by atoms with E-state index in [1.54, 1.807) is 37.3 Å². The fraction of sp³-hybridized carbons (Fsp3) is 0.571. The van der Waals surface area contributed by atoms with Crippen molar-refractivity contribution < 1.29 is 18.7 Å². The molecule has 1 N–H and O–H groups in total. The summed E-state index contributed by atoms with van der Waals surface area (Å²) >= 11 is 0. The quantitative estimate of drug-likeness (QED) is 0.787. The van der Waals surface area contributed by atoms with Gasteiger partial charge in [-0.15, -0.1) is 0 Å². The molecule has 1 aromatic rings. The van der Waals surface area contributed by atoms with Crippen molar-refractivity contribution in [3.63, 3.8) is 0 Å². The molecule has 0 spiro atoms. The zero-order valence-electron chi connectivity index (χ0n) is 11.8. The van der Waals surface area contributed by atoms with Gasteiger partial charge < -0.3 is 19.4 Å². The van der Waals surface area contributed by atoms with E-state index in [0.717, 1.165) is 0 Å². The molecule has 110 valence electrons. The molecule has 20 heavy (non-hydrogen) atoms. The second-order valence-corrected chi connectivity index (χ2v) is 5.08. The predicted molar refractivity (Wildman–Crippen MR) is 71.8 cm³/mol. The molecule has 1 aliphatic heterocycles. The normalized spacial score (nSPS) is 22.3. The highest BCUT2D eigenvalue weighted by Gasteiger charge is 2.47. The third kappa shape index (κ3) is 2.85. The SMILES string of the molecule is COCCNC(=O)[C@@]1(C)CCC(=O)N1Cc1ccco1. The van der Waals surface area contributed by atoms with Crippen molar-refractivity contribution in [2.24, 2.45) is 0 Å². The fourth-order valence-corrected chi connectivity index (χ4v) is 2.41. The second kappa shape index (κ2) is 6.09. The highest BCUT2D eigenvalue weighted by molar-refractivity contribution is 5.94. The van der Waals surface area contributed by atoms with Crippen LogP contribution in [0.2, 0.25) is 0 Å². The molecular formula is C14H20N2O4. The molecule has 6 heteroatoms. The molecule has 0 unspecified atom stereocenters. The summed E-state index contributed by atoms with van der Waals surface area (Å²) in [7, 11) is 1.58. The van der Waals surface area contributed by atoms with Crippen LogP contribution in [0.3, 0.4) is 0 Å². The van der Waals surface area contributed by atoms with E-state index < -0.39 is 5.54 Å². The van der Waals surface area contributed by atoms with Crippen LogP contribution in [0, 0.1) is 0 Å². The Bertz CT molecular complexity index is 472. The number of nitrogens with one attached hydrogen (secondary N) is 1. The second-order valence-electron chi connectivity index (χ2n) is 5.08. The van der Waals surface area contributed by atoms with Crippen LogP contribution in [-0.2, 0) is 20.9 Å². The van der Waals surface area contributed by atoms with E-state index >= 15 is 0 Å². The van der Waals surface area contributed by atoms with Gasteiger partial charge in [-0.25, -0.2) is 0 Å². The number of amides is 2. The molecule has 2 rings (SSSR count). The van der Waals surface area contributed by atoms with Crippen LogP contribution in [0.5, 0.6) is 0 Å². The summed E-state index contributed by atoms with van der Waals surface area (Å²) in [5, 5.41) is 2.81. The lowest BCUT2D eigenvalue weighted by Gasteiger charge is -2.33. The maximum Gasteiger partial charge on any atom is 0.245 e. The number of hydrogen-bond donors (Lipinski definition) is 1. The molecule has 0 aliphatic carbocycles. The molecule has 1 atom stereocenters. The van der Waals surface area contributed by atoms with Gasteiger partial charge in [0.1, 0.15) is 11.3 Å². The summed E-state index contributed by atoms with van der Waals surface area (Å²) in [6, 6.07) is 3.57. The zero-order valence-corrected chi connectivity index (χ0v) is 11.8. The summed E-state index contributed by atoms with van der Waals surface area (Å²) < 4.78 is 10.2. The van der Waals surface area contributed by atoms with Crippen LogP contribution in [0.15, 0.2) is 22.8 Å². The molecule has 0 saturated carbocycles. The Labute approximate surface area is 118 Å². The Morgan fingerprint density at radius 1 is 1.60 bits per heavy atom. The minimum atomic E-state index is -0.822. The van der Waals surface area contributed by atoms with Gasteiger partial charge in [0.25, 0.3) is 0 Å². The number of rotatable bonds is 6. The van der Waals surface area contributed by atoms with E-state index in [1.807, 2.05) is 0 Å². The molecule has 6 nitrogen and oxygen atoms in total. The molecule has 1 fully saturated rings. The number of furan rings is 1. The van der Waals surface area contributed by atoms with Gasteiger partial charge in [-0.2, -0.15) is 0 Å². The Morgan fingerprint density at radius 3 is 3.05 bits per heavy atom. The molecule has 2 heterocycles.